The van der Waals surface area contributed by atoms with Gasteiger partial charge in [-0.3, -0.25) is 4.79 Å². The van der Waals surface area contributed by atoms with Crippen molar-refractivity contribution in [1.29, 1.82) is 0 Å². The highest BCUT2D eigenvalue weighted by molar-refractivity contribution is 6.32. The molecule has 0 amide bonds. The van der Waals surface area contributed by atoms with Crippen LogP contribution in [0.25, 0.3) is 0 Å². The fourth-order valence-corrected chi connectivity index (χ4v) is 1.82. The van der Waals surface area contributed by atoms with Crippen molar-refractivity contribution in [3.63, 3.8) is 0 Å². The predicted octanol–water partition coefficient (Wildman–Crippen LogP) is 1.73. The molecule has 0 heterocycles. The summed E-state index contributed by atoms with van der Waals surface area (Å²) < 4.78 is 10.3. The number of benzene rings is 2. The number of ketones is 1. The van der Waals surface area contributed by atoms with Crippen LogP contribution in [0.15, 0.2) is 42.5 Å². The lowest BCUT2D eigenvalue weighted by Gasteiger charge is -2.09. The van der Waals surface area contributed by atoms with Crippen molar-refractivity contribution < 1.29 is 14.3 Å². The molecular weight excluding hydrogens is 239 g/mol. The van der Waals surface area contributed by atoms with Crippen molar-refractivity contribution in [2.45, 2.75) is 0 Å². The van der Waals surface area contributed by atoms with E-state index in [0.29, 0.717) is 28.1 Å². The molecule has 0 unspecified atom stereocenters. The van der Waals surface area contributed by atoms with Gasteiger partial charge in [0.25, 0.3) is 0 Å². The van der Waals surface area contributed by atoms with Crippen LogP contribution in [0.5, 0.6) is 11.5 Å². The van der Waals surface area contributed by atoms with Crippen LogP contribution in [-0.2, 0) is 0 Å². The van der Waals surface area contributed by atoms with Crippen molar-refractivity contribution in [3.8, 4) is 11.5 Å². The molecule has 19 heavy (non-hydrogen) atoms. The van der Waals surface area contributed by atoms with Gasteiger partial charge >= 0.3 is 0 Å². The minimum atomic E-state index is -0.103. The molecule has 2 aromatic rings. The Hall–Kier alpha value is -2.23. The molecule has 0 aliphatic heterocycles. The van der Waals surface area contributed by atoms with Crippen molar-refractivity contribution in [3.05, 3.63) is 53.6 Å². The van der Waals surface area contributed by atoms with Crippen LogP contribution in [0.3, 0.4) is 0 Å². The second kappa shape index (κ2) is 5.61. The van der Waals surface area contributed by atoms with Gasteiger partial charge in [0.15, 0.2) is 17.3 Å². The summed E-state index contributed by atoms with van der Waals surface area (Å²) in [7, 11) is 8.77. The van der Waals surface area contributed by atoms with E-state index in [1.807, 2.05) is 0 Å². The van der Waals surface area contributed by atoms with E-state index in [2.05, 4.69) is 0 Å². The normalized spacial score (nSPS) is 10.0. The first-order valence-corrected chi connectivity index (χ1v) is 5.78. The topological polar surface area (TPSA) is 35.5 Å². The quantitative estimate of drug-likeness (QED) is 0.614. The highest BCUT2D eigenvalue weighted by atomic mass is 16.5. The molecule has 0 aromatic heterocycles. The standard InChI is InChI=1S/C15H13BO3/c1-18-13-7-6-11(9-14(13)19-2)15(17)10-4-3-5-12(16)8-10/h3-9H,1-2H3. The molecule has 2 aromatic carbocycles. The summed E-state index contributed by atoms with van der Waals surface area (Å²) in [4.78, 5) is 12.3. The number of carbonyl (C=O) groups excluding carboxylic acids is 1. The molecule has 0 atom stereocenters. The third-order valence-corrected chi connectivity index (χ3v) is 2.79. The van der Waals surface area contributed by atoms with E-state index >= 15 is 0 Å². The summed E-state index contributed by atoms with van der Waals surface area (Å²) in [6.45, 7) is 0. The zero-order chi connectivity index (χ0) is 13.8. The summed E-state index contributed by atoms with van der Waals surface area (Å²) in [6, 6.07) is 11.9. The number of ether oxygens (including phenoxy) is 2. The van der Waals surface area contributed by atoms with Gasteiger partial charge in [0.05, 0.1) is 14.2 Å². The van der Waals surface area contributed by atoms with Crippen molar-refractivity contribution in [2.75, 3.05) is 14.2 Å². The van der Waals surface area contributed by atoms with Crippen LogP contribution < -0.4 is 14.9 Å². The average molecular weight is 252 g/mol. The van der Waals surface area contributed by atoms with E-state index in [9.17, 15) is 4.79 Å². The zero-order valence-electron chi connectivity index (χ0n) is 10.8. The Morgan fingerprint density at radius 2 is 1.63 bits per heavy atom. The van der Waals surface area contributed by atoms with Gasteiger partial charge in [-0.05, 0) is 18.2 Å². The molecular formula is C15H13BO3. The first-order chi connectivity index (χ1) is 9.15. The van der Waals surface area contributed by atoms with Crippen LogP contribution >= 0.6 is 0 Å². The van der Waals surface area contributed by atoms with Gasteiger partial charge in [0, 0.05) is 11.1 Å². The summed E-state index contributed by atoms with van der Waals surface area (Å²) in [5.41, 5.74) is 1.64. The summed E-state index contributed by atoms with van der Waals surface area (Å²) in [5, 5.41) is 0. The largest absolute Gasteiger partial charge is 0.493 e. The summed E-state index contributed by atoms with van der Waals surface area (Å²) in [5.74, 6) is 1.01. The molecule has 94 valence electrons. The maximum Gasteiger partial charge on any atom is 0.193 e. The van der Waals surface area contributed by atoms with Crippen molar-refractivity contribution >= 4 is 19.1 Å². The van der Waals surface area contributed by atoms with Crippen molar-refractivity contribution in [2.24, 2.45) is 0 Å². The molecule has 0 spiro atoms. The number of hydrogen-bond donors (Lipinski definition) is 0. The molecule has 3 nitrogen and oxygen atoms in total. The maximum atomic E-state index is 12.3. The van der Waals surface area contributed by atoms with Gasteiger partial charge in [-0.2, -0.15) is 0 Å². The highest BCUT2D eigenvalue weighted by Gasteiger charge is 2.12. The Labute approximate surface area is 113 Å². The molecule has 0 aliphatic carbocycles. The minimum Gasteiger partial charge on any atom is -0.493 e. The molecule has 2 radical (unpaired) electrons. The van der Waals surface area contributed by atoms with Gasteiger partial charge in [-0.25, -0.2) is 0 Å². The van der Waals surface area contributed by atoms with E-state index in [0.717, 1.165) is 0 Å². The van der Waals surface area contributed by atoms with Gasteiger partial charge in [0.2, 0.25) is 0 Å². The second-order valence-corrected chi connectivity index (χ2v) is 4.02. The van der Waals surface area contributed by atoms with Gasteiger partial charge < -0.3 is 9.47 Å². The molecule has 0 aliphatic rings. The van der Waals surface area contributed by atoms with Gasteiger partial charge in [-0.15, -0.1) is 0 Å². The van der Waals surface area contributed by atoms with E-state index in [4.69, 9.17) is 17.3 Å². The van der Waals surface area contributed by atoms with Gasteiger partial charge in [-0.1, -0.05) is 29.7 Å². The number of carbonyl (C=O) groups is 1. The first-order valence-electron chi connectivity index (χ1n) is 5.78. The Kier molecular flexibility index (Phi) is 3.90. The molecule has 0 bridgehead atoms. The second-order valence-electron chi connectivity index (χ2n) is 4.02. The SMILES string of the molecule is [B]c1cccc(C(=O)c2ccc(OC)c(OC)c2)c1. The molecule has 0 fully saturated rings. The van der Waals surface area contributed by atoms with Crippen LogP contribution in [0.1, 0.15) is 15.9 Å². The van der Waals surface area contributed by atoms with Gasteiger partial charge in [0.1, 0.15) is 7.85 Å². The predicted molar refractivity (Wildman–Crippen MR) is 74.8 cm³/mol. The van der Waals surface area contributed by atoms with Crippen LogP contribution in [-0.4, -0.2) is 27.8 Å². The van der Waals surface area contributed by atoms with Crippen LogP contribution in [0.4, 0.5) is 0 Å². The zero-order valence-corrected chi connectivity index (χ0v) is 10.8. The molecule has 2 rings (SSSR count). The lowest BCUT2D eigenvalue weighted by Crippen LogP contribution is -2.08. The Bertz CT molecular complexity index is 608. The maximum absolute atomic E-state index is 12.3. The summed E-state index contributed by atoms with van der Waals surface area (Å²) >= 11 is 0. The fourth-order valence-electron chi connectivity index (χ4n) is 1.82. The van der Waals surface area contributed by atoms with E-state index in [1.54, 1.807) is 49.6 Å². The van der Waals surface area contributed by atoms with E-state index in [1.165, 1.54) is 7.11 Å². The lowest BCUT2D eigenvalue weighted by molar-refractivity contribution is 0.103. The molecule has 0 saturated carbocycles. The van der Waals surface area contributed by atoms with Crippen LogP contribution in [0.2, 0.25) is 0 Å². The average Bonchev–Trinajstić information content (AvgIpc) is 2.45. The third-order valence-electron chi connectivity index (χ3n) is 2.79. The Balaban J connectivity index is 2.39. The molecule has 0 saturated heterocycles. The molecule has 0 N–H and O–H groups in total. The minimum absolute atomic E-state index is 0.103. The van der Waals surface area contributed by atoms with E-state index < -0.39 is 0 Å². The van der Waals surface area contributed by atoms with Crippen LogP contribution in [0, 0.1) is 0 Å². The third kappa shape index (κ3) is 2.79. The number of rotatable bonds is 4. The smallest absolute Gasteiger partial charge is 0.193 e. The summed E-state index contributed by atoms with van der Waals surface area (Å²) in [6.07, 6.45) is 0. The van der Waals surface area contributed by atoms with E-state index in [-0.39, 0.29) is 5.78 Å². The van der Waals surface area contributed by atoms with Crippen molar-refractivity contribution in [1.82, 2.24) is 0 Å². The lowest BCUT2D eigenvalue weighted by atomic mass is 9.92. The molecule has 4 heteroatoms. The fraction of sp³-hybridized carbons (Fsp3) is 0.133. The first kappa shape index (κ1) is 13.2. The Morgan fingerprint density at radius 1 is 0.947 bits per heavy atom. The number of methoxy groups -OCH3 is 2. The monoisotopic (exact) mass is 252 g/mol. The highest BCUT2D eigenvalue weighted by Crippen LogP contribution is 2.28. The Morgan fingerprint density at radius 3 is 2.26 bits per heavy atom. The number of hydrogen-bond acceptors (Lipinski definition) is 3.